The van der Waals surface area contributed by atoms with Crippen molar-refractivity contribution in [2.45, 2.75) is 12.5 Å². The van der Waals surface area contributed by atoms with E-state index >= 15 is 0 Å². The van der Waals surface area contributed by atoms with Crippen LogP contribution in [0.3, 0.4) is 0 Å². The minimum Gasteiger partial charge on any atom is -0.391 e. The average Bonchev–Trinajstić information content (AvgIpc) is 3.23. The van der Waals surface area contributed by atoms with E-state index in [2.05, 4.69) is 20.9 Å². The highest BCUT2D eigenvalue weighted by Gasteiger charge is 2.20. The van der Waals surface area contributed by atoms with Crippen molar-refractivity contribution in [1.82, 2.24) is 0 Å². The van der Waals surface area contributed by atoms with E-state index < -0.39 is 5.82 Å². The summed E-state index contributed by atoms with van der Waals surface area (Å²) >= 11 is 0. The summed E-state index contributed by atoms with van der Waals surface area (Å²) in [5, 5.41) is 17.9. The van der Waals surface area contributed by atoms with Gasteiger partial charge in [0.2, 0.25) is 6.41 Å². The van der Waals surface area contributed by atoms with Crippen LogP contribution in [0.2, 0.25) is 0 Å². The molecule has 3 aromatic carbocycles. The van der Waals surface area contributed by atoms with Gasteiger partial charge in [-0.3, -0.25) is 9.59 Å². The number of aliphatic hydroxyl groups is 1. The largest absolute Gasteiger partial charge is 0.391 e. The summed E-state index contributed by atoms with van der Waals surface area (Å²) in [4.78, 5) is 25.1. The number of carbonyl (C=O) groups is 2. The van der Waals surface area contributed by atoms with Gasteiger partial charge in [-0.1, -0.05) is 0 Å². The standard InChI is InChI=1S/C24H23FN4O3/c25-22-13-19(7-10-23(22)27-18-5-3-17(4-6-18)26-15-30)28-24(32)16-1-8-20(9-2-16)29-12-11-21(31)14-29/h1-10,13,15,21,27,31H,11-12,14H2,(H,26,30)(H,28,32). The number of benzene rings is 3. The highest BCUT2D eigenvalue weighted by Crippen LogP contribution is 2.25. The first-order valence-corrected chi connectivity index (χ1v) is 10.2. The Morgan fingerprint density at radius 3 is 2.31 bits per heavy atom. The average molecular weight is 434 g/mol. The first-order chi connectivity index (χ1) is 15.5. The number of amides is 2. The van der Waals surface area contributed by atoms with Crippen LogP contribution in [0, 0.1) is 5.82 Å². The lowest BCUT2D eigenvalue weighted by Gasteiger charge is -2.18. The van der Waals surface area contributed by atoms with E-state index in [1.165, 1.54) is 6.07 Å². The molecule has 0 saturated carbocycles. The maximum Gasteiger partial charge on any atom is 0.255 e. The van der Waals surface area contributed by atoms with Crippen LogP contribution in [-0.2, 0) is 4.79 Å². The molecule has 1 unspecified atom stereocenters. The third-order valence-electron chi connectivity index (χ3n) is 5.27. The van der Waals surface area contributed by atoms with E-state index in [1.54, 1.807) is 48.5 Å². The molecule has 7 nitrogen and oxygen atoms in total. The van der Waals surface area contributed by atoms with Gasteiger partial charge in [0.05, 0.1) is 11.8 Å². The van der Waals surface area contributed by atoms with Gasteiger partial charge in [-0.25, -0.2) is 4.39 Å². The molecule has 1 aliphatic heterocycles. The molecule has 1 aliphatic rings. The monoisotopic (exact) mass is 434 g/mol. The number of nitrogens with one attached hydrogen (secondary N) is 3. The predicted octanol–water partition coefficient (Wildman–Crippen LogP) is 3.96. The molecule has 1 atom stereocenters. The second kappa shape index (κ2) is 9.49. The molecule has 8 heteroatoms. The zero-order chi connectivity index (χ0) is 22.5. The van der Waals surface area contributed by atoms with Crippen LogP contribution in [0.5, 0.6) is 0 Å². The minimum atomic E-state index is -0.513. The van der Waals surface area contributed by atoms with Crippen LogP contribution >= 0.6 is 0 Å². The molecular weight excluding hydrogens is 411 g/mol. The molecular formula is C24H23FN4O3. The Balaban J connectivity index is 1.38. The maximum atomic E-state index is 14.5. The van der Waals surface area contributed by atoms with Crippen molar-refractivity contribution in [2.24, 2.45) is 0 Å². The fourth-order valence-electron chi connectivity index (χ4n) is 3.57. The second-order valence-corrected chi connectivity index (χ2v) is 7.55. The minimum absolute atomic E-state index is 0.260. The maximum absolute atomic E-state index is 14.5. The van der Waals surface area contributed by atoms with Gasteiger partial charge in [-0.05, 0) is 73.2 Å². The highest BCUT2D eigenvalue weighted by molar-refractivity contribution is 6.04. The molecule has 0 bridgehead atoms. The summed E-state index contributed by atoms with van der Waals surface area (Å²) in [7, 11) is 0. The Kier molecular flexibility index (Phi) is 6.32. The molecule has 2 amide bonds. The number of hydrogen-bond donors (Lipinski definition) is 4. The number of hydrogen-bond acceptors (Lipinski definition) is 5. The topological polar surface area (TPSA) is 93.7 Å². The lowest BCUT2D eigenvalue weighted by Crippen LogP contribution is -2.21. The van der Waals surface area contributed by atoms with Crippen molar-refractivity contribution in [1.29, 1.82) is 0 Å². The molecule has 3 aromatic rings. The lowest BCUT2D eigenvalue weighted by atomic mass is 10.1. The first-order valence-electron chi connectivity index (χ1n) is 10.2. The SMILES string of the molecule is O=CNc1ccc(Nc2ccc(NC(=O)c3ccc(N4CCC(O)C4)cc3)cc2F)cc1. The van der Waals surface area contributed by atoms with Crippen LogP contribution in [0.15, 0.2) is 66.7 Å². The third kappa shape index (κ3) is 5.04. The molecule has 32 heavy (non-hydrogen) atoms. The summed E-state index contributed by atoms with van der Waals surface area (Å²) in [6.45, 7) is 1.37. The highest BCUT2D eigenvalue weighted by atomic mass is 19.1. The Labute approximate surface area is 184 Å². The predicted molar refractivity (Wildman–Crippen MR) is 123 cm³/mol. The van der Waals surface area contributed by atoms with E-state index in [0.717, 1.165) is 18.7 Å². The van der Waals surface area contributed by atoms with Crippen molar-refractivity contribution in [2.75, 3.05) is 33.9 Å². The van der Waals surface area contributed by atoms with Crippen molar-refractivity contribution < 1.29 is 19.1 Å². The number of anilines is 5. The van der Waals surface area contributed by atoms with E-state index in [9.17, 15) is 19.1 Å². The summed E-state index contributed by atoms with van der Waals surface area (Å²) in [5.41, 5.74) is 3.30. The van der Waals surface area contributed by atoms with Gasteiger partial charge in [0.1, 0.15) is 5.82 Å². The fourth-order valence-corrected chi connectivity index (χ4v) is 3.57. The van der Waals surface area contributed by atoms with E-state index in [0.29, 0.717) is 35.6 Å². The number of β-amino-alcohol motifs (C(OH)–C–C–N with tert-alkyl or cyclic N) is 1. The third-order valence-corrected chi connectivity index (χ3v) is 5.27. The zero-order valence-corrected chi connectivity index (χ0v) is 17.2. The smallest absolute Gasteiger partial charge is 0.255 e. The van der Waals surface area contributed by atoms with Crippen LogP contribution in [0.25, 0.3) is 0 Å². The van der Waals surface area contributed by atoms with Gasteiger partial charge in [0, 0.05) is 41.4 Å². The van der Waals surface area contributed by atoms with Crippen LogP contribution in [0.4, 0.5) is 32.8 Å². The van der Waals surface area contributed by atoms with Crippen molar-refractivity contribution in [3.63, 3.8) is 0 Å². The number of rotatable bonds is 7. The first kappa shape index (κ1) is 21.3. The molecule has 4 rings (SSSR count). The van der Waals surface area contributed by atoms with Crippen LogP contribution < -0.4 is 20.9 Å². The molecule has 0 aromatic heterocycles. The molecule has 0 aliphatic carbocycles. The summed E-state index contributed by atoms with van der Waals surface area (Å²) in [6, 6.07) is 18.3. The summed E-state index contributed by atoms with van der Waals surface area (Å²) in [5.74, 6) is -0.850. The summed E-state index contributed by atoms with van der Waals surface area (Å²) < 4.78 is 14.5. The van der Waals surface area contributed by atoms with Gasteiger partial charge in [-0.15, -0.1) is 0 Å². The van der Waals surface area contributed by atoms with Crippen molar-refractivity contribution in [3.8, 4) is 0 Å². The fraction of sp³-hybridized carbons (Fsp3) is 0.167. The Hall–Kier alpha value is -3.91. The van der Waals surface area contributed by atoms with Crippen LogP contribution in [-0.4, -0.2) is 36.6 Å². The van der Waals surface area contributed by atoms with Gasteiger partial charge in [-0.2, -0.15) is 0 Å². The Morgan fingerprint density at radius 2 is 1.69 bits per heavy atom. The number of halogens is 1. The molecule has 0 spiro atoms. The van der Waals surface area contributed by atoms with Crippen molar-refractivity contribution >= 4 is 40.8 Å². The number of carbonyl (C=O) groups excluding carboxylic acids is 2. The lowest BCUT2D eigenvalue weighted by molar-refractivity contribution is -0.105. The van der Waals surface area contributed by atoms with E-state index in [1.807, 2.05) is 12.1 Å². The molecule has 1 heterocycles. The van der Waals surface area contributed by atoms with E-state index in [4.69, 9.17) is 0 Å². The van der Waals surface area contributed by atoms with Gasteiger partial charge >= 0.3 is 0 Å². The Bertz CT molecular complexity index is 1100. The van der Waals surface area contributed by atoms with Crippen molar-refractivity contribution in [3.05, 3.63) is 78.1 Å². The normalized spacial score (nSPS) is 15.3. The second-order valence-electron chi connectivity index (χ2n) is 7.55. The van der Waals surface area contributed by atoms with Gasteiger partial charge < -0.3 is 26.0 Å². The number of aliphatic hydroxyl groups excluding tert-OH is 1. The van der Waals surface area contributed by atoms with Crippen LogP contribution in [0.1, 0.15) is 16.8 Å². The Morgan fingerprint density at radius 1 is 1.00 bits per heavy atom. The molecule has 1 saturated heterocycles. The molecule has 0 radical (unpaired) electrons. The quantitative estimate of drug-likeness (QED) is 0.423. The number of nitrogens with zero attached hydrogens (tertiary/aromatic N) is 1. The molecule has 164 valence electrons. The van der Waals surface area contributed by atoms with Gasteiger partial charge in [0.25, 0.3) is 5.91 Å². The zero-order valence-electron chi connectivity index (χ0n) is 17.2. The summed E-state index contributed by atoms with van der Waals surface area (Å²) in [6.07, 6.45) is 1.01. The molecule has 4 N–H and O–H groups in total. The van der Waals surface area contributed by atoms with E-state index in [-0.39, 0.29) is 17.7 Å². The van der Waals surface area contributed by atoms with Gasteiger partial charge in [0.15, 0.2) is 0 Å². The molecule has 1 fully saturated rings.